The summed E-state index contributed by atoms with van der Waals surface area (Å²) in [6.45, 7) is 1.99. The maximum absolute atomic E-state index is 5.81. The largest absolute Gasteiger partial charge is 0.457 e. The Morgan fingerprint density at radius 3 is 2.50 bits per heavy atom. The second-order valence-electron chi connectivity index (χ2n) is 4.25. The van der Waals surface area contributed by atoms with Crippen LogP contribution in [0.4, 0.5) is 0 Å². The van der Waals surface area contributed by atoms with E-state index < -0.39 is 0 Å². The van der Waals surface area contributed by atoms with Gasteiger partial charge in [0.25, 0.3) is 0 Å². The minimum absolute atomic E-state index is 0.847. The second-order valence-corrected chi connectivity index (χ2v) is 4.25. The molecule has 3 aromatic rings. The summed E-state index contributed by atoms with van der Waals surface area (Å²) in [6.07, 6.45) is 1.89. The fraction of sp³-hybridized carbons (Fsp3) is 0.0625. The summed E-state index contributed by atoms with van der Waals surface area (Å²) in [5.74, 6) is 1.70. The van der Waals surface area contributed by atoms with Gasteiger partial charge in [-0.1, -0.05) is 18.2 Å². The summed E-state index contributed by atoms with van der Waals surface area (Å²) < 4.78 is 5.81. The van der Waals surface area contributed by atoms with Crippen LogP contribution in [0.1, 0.15) is 5.69 Å². The maximum atomic E-state index is 5.81. The average Bonchev–Trinajstić information content (AvgIpc) is 2.39. The fourth-order valence-corrected chi connectivity index (χ4v) is 1.92. The molecule has 0 saturated carbocycles. The Balaban J connectivity index is 1.98. The van der Waals surface area contributed by atoms with Crippen LogP contribution in [0.2, 0.25) is 0 Å². The lowest BCUT2D eigenvalue weighted by Gasteiger charge is -2.06. The third kappa shape index (κ3) is 2.18. The van der Waals surface area contributed by atoms with E-state index in [-0.39, 0.29) is 0 Å². The molecule has 3 rings (SSSR count). The smallest absolute Gasteiger partial charge is 0.128 e. The molecule has 2 nitrogen and oxygen atoms in total. The van der Waals surface area contributed by atoms with Crippen LogP contribution in [0.5, 0.6) is 11.5 Å². The van der Waals surface area contributed by atoms with Crippen molar-refractivity contribution in [2.75, 3.05) is 0 Å². The number of para-hydroxylation sites is 1. The molecule has 0 aliphatic heterocycles. The molecule has 0 N–H and O–H groups in total. The highest BCUT2D eigenvalue weighted by Crippen LogP contribution is 2.25. The molecule has 88 valence electrons. The van der Waals surface area contributed by atoms with Gasteiger partial charge in [0.2, 0.25) is 0 Å². The van der Waals surface area contributed by atoms with Crippen molar-refractivity contribution in [1.82, 2.24) is 4.98 Å². The monoisotopic (exact) mass is 235 g/mol. The topological polar surface area (TPSA) is 22.1 Å². The molecule has 0 unspecified atom stereocenters. The Kier molecular flexibility index (Phi) is 2.69. The van der Waals surface area contributed by atoms with Crippen LogP contribution in [-0.4, -0.2) is 4.98 Å². The van der Waals surface area contributed by atoms with E-state index in [9.17, 15) is 0 Å². The number of hydrogen-bond acceptors (Lipinski definition) is 2. The first-order valence-corrected chi connectivity index (χ1v) is 5.90. The highest BCUT2D eigenvalue weighted by molar-refractivity contribution is 5.83. The van der Waals surface area contributed by atoms with Crippen LogP contribution < -0.4 is 4.74 Å². The van der Waals surface area contributed by atoms with Crippen molar-refractivity contribution in [2.24, 2.45) is 0 Å². The zero-order valence-electron chi connectivity index (χ0n) is 10.1. The van der Waals surface area contributed by atoms with Gasteiger partial charge in [-0.25, -0.2) is 0 Å². The molecule has 0 amide bonds. The maximum Gasteiger partial charge on any atom is 0.128 e. The molecule has 0 atom stereocenters. The van der Waals surface area contributed by atoms with Crippen molar-refractivity contribution in [3.05, 3.63) is 66.5 Å². The molecule has 0 fully saturated rings. The number of nitrogens with zero attached hydrogens (tertiary/aromatic N) is 1. The SMILES string of the molecule is Cc1cc2cc(Oc3ccccc3)ccc2cn1. The van der Waals surface area contributed by atoms with Gasteiger partial charge in [-0.2, -0.15) is 0 Å². The molecule has 18 heavy (non-hydrogen) atoms. The summed E-state index contributed by atoms with van der Waals surface area (Å²) in [5, 5.41) is 2.27. The Morgan fingerprint density at radius 2 is 1.67 bits per heavy atom. The molecule has 0 aliphatic rings. The highest BCUT2D eigenvalue weighted by Gasteiger charge is 2.00. The third-order valence-electron chi connectivity index (χ3n) is 2.81. The zero-order chi connectivity index (χ0) is 12.4. The molecule has 0 spiro atoms. The van der Waals surface area contributed by atoms with E-state index in [2.05, 4.69) is 11.1 Å². The standard InChI is InChI=1S/C16H13NO/c1-12-9-14-10-16(8-7-13(14)11-17-12)18-15-5-3-2-4-6-15/h2-11H,1H3. The van der Waals surface area contributed by atoms with Gasteiger partial charge >= 0.3 is 0 Å². The van der Waals surface area contributed by atoms with Gasteiger partial charge in [0.05, 0.1) is 0 Å². The van der Waals surface area contributed by atoms with Crippen LogP contribution in [0, 0.1) is 6.92 Å². The quantitative estimate of drug-likeness (QED) is 0.659. The summed E-state index contributed by atoms with van der Waals surface area (Å²) in [6, 6.07) is 17.9. The van der Waals surface area contributed by atoms with Gasteiger partial charge in [0.15, 0.2) is 0 Å². The Morgan fingerprint density at radius 1 is 0.833 bits per heavy atom. The Hall–Kier alpha value is -2.35. The zero-order valence-corrected chi connectivity index (χ0v) is 10.1. The number of hydrogen-bond donors (Lipinski definition) is 0. The lowest BCUT2D eigenvalue weighted by Crippen LogP contribution is -1.85. The van der Waals surface area contributed by atoms with Crippen molar-refractivity contribution in [3.8, 4) is 11.5 Å². The molecule has 0 bridgehead atoms. The first-order valence-electron chi connectivity index (χ1n) is 5.90. The van der Waals surface area contributed by atoms with Crippen LogP contribution >= 0.6 is 0 Å². The number of rotatable bonds is 2. The van der Waals surface area contributed by atoms with E-state index in [1.54, 1.807) is 0 Å². The minimum atomic E-state index is 0.847. The normalized spacial score (nSPS) is 10.5. The van der Waals surface area contributed by atoms with Gasteiger partial charge in [0.1, 0.15) is 11.5 Å². The number of fused-ring (bicyclic) bond motifs is 1. The summed E-state index contributed by atoms with van der Waals surface area (Å²) in [4.78, 5) is 4.28. The van der Waals surface area contributed by atoms with Crippen molar-refractivity contribution >= 4 is 10.8 Å². The summed E-state index contributed by atoms with van der Waals surface area (Å²) in [7, 11) is 0. The molecule has 2 aromatic carbocycles. The van der Waals surface area contributed by atoms with Gasteiger partial charge in [-0.15, -0.1) is 0 Å². The minimum Gasteiger partial charge on any atom is -0.457 e. The number of aryl methyl sites for hydroxylation is 1. The number of benzene rings is 2. The van der Waals surface area contributed by atoms with E-state index in [1.165, 1.54) is 0 Å². The molecular formula is C16H13NO. The van der Waals surface area contributed by atoms with Crippen LogP contribution in [-0.2, 0) is 0 Å². The molecule has 1 heterocycles. The van der Waals surface area contributed by atoms with Crippen molar-refractivity contribution in [3.63, 3.8) is 0 Å². The van der Waals surface area contributed by atoms with E-state index >= 15 is 0 Å². The fourth-order valence-electron chi connectivity index (χ4n) is 1.92. The third-order valence-corrected chi connectivity index (χ3v) is 2.81. The highest BCUT2D eigenvalue weighted by atomic mass is 16.5. The summed E-state index contributed by atoms with van der Waals surface area (Å²) in [5.41, 5.74) is 1.01. The van der Waals surface area contributed by atoms with Gasteiger partial charge in [0, 0.05) is 17.3 Å². The van der Waals surface area contributed by atoms with Crippen LogP contribution in [0.15, 0.2) is 60.8 Å². The molecule has 0 saturated heterocycles. The molecule has 1 aromatic heterocycles. The molecule has 0 radical (unpaired) electrons. The lowest BCUT2D eigenvalue weighted by molar-refractivity contribution is 0.483. The van der Waals surface area contributed by atoms with Crippen molar-refractivity contribution < 1.29 is 4.74 Å². The van der Waals surface area contributed by atoms with Crippen LogP contribution in [0.3, 0.4) is 0 Å². The molecule has 0 aliphatic carbocycles. The average molecular weight is 235 g/mol. The van der Waals surface area contributed by atoms with Crippen molar-refractivity contribution in [2.45, 2.75) is 6.92 Å². The molecular weight excluding hydrogens is 222 g/mol. The number of aromatic nitrogens is 1. The predicted molar refractivity (Wildman–Crippen MR) is 73.0 cm³/mol. The van der Waals surface area contributed by atoms with E-state index in [0.717, 1.165) is 28.0 Å². The Bertz CT molecular complexity index is 677. The molecule has 2 heteroatoms. The van der Waals surface area contributed by atoms with Gasteiger partial charge < -0.3 is 4.74 Å². The Labute approximate surface area is 106 Å². The first-order chi connectivity index (χ1) is 8.81. The van der Waals surface area contributed by atoms with Crippen molar-refractivity contribution in [1.29, 1.82) is 0 Å². The summed E-state index contributed by atoms with van der Waals surface area (Å²) >= 11 is 0. The number of pyridine rings is 1. The predicted octanol–water partition coefficient (Wildman–Crippen LogP) is 4.34. The van der Waals surface area contributed by atoms with E-state index in [1.807, 2.05) is 61.7 Å². The van der Waals surface area contributed by atoms with Crippen LogP contribution in [0.25, 0.3) is 10.8 Å². The van der Waals surface area contributed by atoms with E-state index in [0.29, 0.717) is 0 Å². The lowest BCUT2D eigenvalue weighted by atomic mass is 10.1. The van der Waals surface area contributed by atoms with E-state index in [4.69, 9.17) is 4.74 Å². The second kappa shape index (κ2) is 4.49. The van der Waals surface area contributed by atoms with Gasteiger partial charge in [-0.05, 0) is 48.7 Å². The van der Waals surface area contributed by atoms with Gasteiger partial charge in [-0.3, -0.25) is 4.98 Å². The number of ether oxygens (including phenoxy) is 1. The first kappa shape index (κ1) is 10.8.